The minimum atomic E-state index is 0.735. The first kappa shape index (κ1) is 7.77. The molecular weight excluding hydrogens is 148 g/mol. The van der Waals surface area contributed by atoms with E-state index in [9.17, 15) is 0 Å². The first-order valence-electron chi connectivity index (χ1n) is 4.37. The van der Waals surface area contributed by atoms with Crippen LogP contribution in [0.25, 0.3) is 0 Å². The molecule has 1 aromatic carbocycles. The number of nitrogens with one attached hydrogen (secondary N) is 1. The van der Waals surface area contributed by atoms with Gasteiger partial charge < -0.3 is 0 Å². The second-order valence-electron chi connectivity index (χ2n) is 3.24. The van der Waals surface area contributed by atoms with E-state index in [0.29, 0.717) is 0 Å². The highest BCUT2D eigenvalue weighted by atomic mass is 15.5. The van der Waals surface area contributed by atoms with Crippen LogP contribution in [0.15, 0.2) is 30.3 Å². The molecule has 64 valence electrons. The molecule has 1 aromatic rings. The Balaban J connectivity index is 1.97. The van der Waals surface area contributed by atoms with Gasteiger partial charge in [-0.1, -0.05) is 30.3 Å². The van der Waals surface area contributed by atoms with E-state index in [0.717, 1.165) is 19.0 Å². The quantitative estimate of drug-likeness (QED) is 0.703. The minimum Gasteiger partial charge on any atom is -0.258 e. The van der Waals surface area contributed by atoms with Crippen LogP contribution in [0.4, 0.5) is 0 Å². The molecule has 0 atom stereocenters. The number of hydrogen-bond acceptors (Lipinski definition) is 2. The van der Waals surface area contributed by atoms with Crippen LogP contribution < -0.4 is 5.43 Å². The van der Waals surface area contributed by atoms with Gasteiger partial charge in [0.15, 0.2) is 0 Å². The first-order valence-corrected chi connectivity index (χ1v) is 4.37. The van der Waals surface area contributed by atoms with Crippen LogP contribution in [0.5, 0.6) is 0 Å². The van der Waals surface area contributed by atoms with Gasteiger partial charge in [0.05, 0.1) is 0 Å². The molecule has 1 aliphatic heterocycles. The van der Waals surface area contributed by atoms with Crippen LogP contribution in [0.3, 0.4) is 0 Å². The van der Waals surface area contributed by atoms with Crippen LogP contribution in [0, 0.1) is 0 Å². The summed E-state index contributed by atoms with van der Waals surface area (Å²) in [6.45, 7) is 2.28. The Morgan fingerprint density at radius 2 is 1.92 bits per heavy atom. The molecule has 0 bridgehead atoms. The highest BCUT2D eigenvalue weighted by molar-refractivity contribution is 5.22. The maximum atomic E-state index is 3.13. The van der Waals surface area contributed by atoms with Crippen LogP contribution in [0.2, 0.25) is 0 Å². The summed E-state index contributed by atoms with van der Waals surface area (Å²) in [5.41, 5.74) is 4.60. The number of rotatable bonds is 2. The molecule has 12 heavy (non-hydrogen) atoms. The van der Waals surface area contributed by atoms with Crippen molar-refractivity contribution in [1.82, 2.24) is 10.4 Å². The summed E-state index contributed by atoms with van der Waals surface area (Å²) in [5.74, 6) is 0.735. The summed E-state index contributed by atoms with van der Waals surface area (Å²) in [7, 11) is 1.97. The molecule has 0 unspecified atom stereocenters. The Morgan fingerprint density at radius 3 is 2.50 bits per heavy atom. The van der Waals surface area contributed by atoms with E-state index in [1.54, 1.807) is 0 Å². The van der Waals surface area contributed by atoms with E-state index in [1.807, 2.05) is 7.05 Å². The summed E-state index contributed by atoms with van der Waals surface area (Å²) in [4.78, 5) is 0. The molecule has 1 N–H and O–H groups in total. The topological polar surface area (TPSA) is 15.3 Å². The van der Waals surface area contributed by atoms with Gasteiger partial charge in [-0.2, -0.15) is 0 Å². The molecule has 2 heteroatoms. The smallest absolute Gasteiger partial charge is 0.0212 e. The second-order valence-corrected chi connectivity index (χ2v) is 3.24. The number of hydrogen-bond donors (Lipinski definition) is 1. The lowest BCUT2D eigenvalue weighted by Crippen LogP contribution is -2.51. The van der Waals surface area contributed by atoms with Gasteiger partial charge in [0.25, 0.3) is 0 Å². The van der Waals surface area contributed by atoms with Crippen molar-refractivity contribution in [2.24, 2.45) is 0 Å². The molecule has 0 radical (unpaired) electrons. The molecule has 1 aliphatic rings. The van der Waals surface area contributed by atoms with Crippen LogP contribution in [-0.2, 0) is 0 Å². The van der Waals surface area contributed by atoms with E-state index < -0.39 is 0 Å². The highest BCUT2D eigenvalue weighted by Gasteiger charge is 2.26. The largest absolute Gasteiger partial charge is 0.258 e. The Morgan fingerprint density at radius 1 is 1.25 bits per heavy atom. The van der Waals surface area contributed by atoms with E-state index in [-0.39, 0.29) is 0 Å². The van der Waals surface area contributed by atoms with Gasteiger partial charge in [0.1, 0.15) is 0 Å². The van der Waals surface area contributed by atoms with Crippen molar-refractivity contribution < 1.29 is 0 Å². The van der Waals surface area contributed by atoms with Crippen molar-refractivity contribution in [2.75, 3.05) is 20.1 Å². The van der Waals surface area contributed by atoms with Gasteiger partial charge in [-0.3, -0.25) is 5.43 Å². The number of hydrazine groups is 1. The van der Waals surface area contributed by atoms with Crippen molar-refractivity contribution >= 4 is 0 Å². The van der Waals surface area contributed by atoms with Crippen LogP contribution in [0.1, 0.15) is 11.5 Å². The Labute approximate surface area is 73.2 Å². The van der Waals surface area contributed by atoms with Crippen molar-refractivity contribution in [3.8, 4) is 0 Å². The Hall–Kier alpha value is -0.860. The molecule has 2 nitrogen and oxygen atoms in total. The monoisotopic (exact) mass is 162 g/mol. The summed E-state index contributed by atoms with van der Waals surface area (Å²) in [6, 6.07) is 10.7. The summed E-state index contributed by atoms with van der Waals surface area (Å²) in [5, 5.41) is 2.22. The second kappa shape index (κ2) is 3.25. The molecule has 1 fully saturated rings. The van der Waals surface area contributed by atoms with Crippen molar-refractivity contribution in [2.45, 2.75) is 5.92 Å². The molecule has 0 aromatic heterocycles. The average Bonchev–Trinajstić information content (AvgIpc) is 2.04. The number of benzene rings is 1. The fourth-order valence-electron chi connectivity index (χ4n) is 1.60. The van der Waals surface area contributed by atoms with Gasteiger partial charge in [-0.25, -0.2) is 5.01 Å². The minimum absolute atomic E-state index is 0.735. The molecule has 0 saturated carbocycles. The molecule has 0 amide bonds. The third-order valence-corrected chi connectivity index (χ3v) is 2.47. The van der Waals surface area contributed by atoms with Crippen molar-refractivity contribution in [3.05, 3.63) is 35.9 Å². The van der Waals surface area contributed by atoms with Gasteiger partial charge in [0.2, 0.25) is 0 Å². The fourth-order valence-corrected chi connectivity index (χ4v) is 1.60. The predicted octanol–water partition coefficient (Wildman–Crippen LogP) is 1.22. The van der Waals surface area contributed by atoms with Crippen LogP contribution >= 0.6 is 0 Å². The van der Waals surface area contributed by atoms with E-state index in [2.05, 4.69) is 40.8 Å². The van der Waals surface area contributed by atoms with Gasteiger partial charge in [0, 0.05) is 19.0 Å². The predicted molar refractivity (Wildman–Crippen MR) is 49.8 cm³/mol. The maximum absolute atomic E-state index is 3.13. The normalized spacial score (nSPS) is 19.1. The van der Waals surface area contributed by atoms with E-state index in [1.165, 1.54) is 5.56 Å². The lowest BCUT2D eigenvalue weighted by Gasteiger charge is -2.38. The number of nitrogens with zero attached hydrogens (tertiary/aromatic N) is 1. The molecule has 0 spiro atoms. The van der Waals surface area contributed by atoms with E-state index in [4.69, 9.17) is 0 Å². The summed E-state index contributed by atoms with van der Waals surface area (Å²) in [6.07, 6.45) is 0. The zero-order valence-corrected chi connectivity index (χ0v) is 7.33. The van der Waals surface area contributed by atoms with Crippen molar-refractivity contribution in [3.63, 3.8) is 0 Å². The van der Waals surface area contributed by atoms with Crippen molar-refractivity contribution in [1.29, 1.82) is 0 Å². The summed E-state index contributed by atoms with van der Waals surface area (Å²) >= 11 is 0. The fraction of sp³-hybridized carbons (Fsp3) is 0.400. The lowest BCUT2D eigenvalue weighted by atomic mass is 9.93. The zero-order valence-electron chi connectivity index (χ0n) is 7.33. The maximum Gasteiger partial charge on any atom is 0.0212 e. The van der Waals surface area contributed by atoms with Crippen LogP contribution in [-0.4, -0.2) is 25.1 Å². The van der Waals surface area contributed by atoms with Gasteiger partial charge in [-0.05, 0) is 12.6 Å². The third-order valence-electron chi connectivity index (χ3n) is 2.47. The van der Waals surface area contributed by atoms with Gasteiger partial charge in [-0.15, -0.1) is 0 Å². The first-order chi connectivity index (χ1) is 5.90. The highest BCUT2D eigenvalue weighted by Crippen LogP contribution is 2.24. The standard InChI is InChI=1S/C10H14N2/c1-11-12-7-10(8-12)9-5-3-2-4-6-9/h2-6,10-11H,7-8H2,1H3. The molecule has 1 saturated heterocycles. The Kier molecular flexibility index (Phi) is 2.11. The van der Waals surface area contributed by atoms with E-state index >= 15 is 0 Å². The molecule has 1 heterocycles. The molecule has 0 aliphatic carbocycles. The lowest BCUT2D eigenvalue weighted by molar-refractivity contribution is 0.0958. The summed E-state index contributed by atoms with van der Waals surface area (Å²) < 4.78 is 0. The SMILES string of the molecule is CNN1CC(c2ccccc2)C1. The third kappa shape index (κ3) is 1.36. The Bertz CT molecular complexity index is 239. The molecular formula is C10H14N2. The zero-order chi connectivity index (χ0) is 8.39. The molecule has 2 rings (SSSR count). The average molecular weight is 162 g/mol. The van der Waals surface area contributed by atoms with Gasteiger partial charge >= 0.3 is 0 Å².